The summed E-state index contributed by atoms with van der Waals surface area (Å²) in [5, 5.41) is 0. The molecule has 4 nitrogen and oxygen atoms in total. The summed E-state index contributed by atoms with van der Waals surface area (Å²) in [6, 6.07) is 1.42. The highest BCUT2D eigenvalue weighted by Gasteiger charge is 2.40. The second-order valence-electron chi connectivity index (χ2n) is 5.86. The third-order valence-corrected chi connectivity index (χ3v) is 5.54. The molecule has 0 aliphatic carbocycles. The van der Waals surface area contributed by atoms with Crippen molar-refractivity contribution in [3.63, 3.8) is 0 Å². The molecule has 3 atom stereocenters. The molecule has 2 aliphatic rings. The van der Waals surface area contributed by atoms with Crippen molar-refractivity contribution in [1.29, 1.82) is 0 Å². The fraction of sp³-hybridized carbons (Fsp3) is 1.00. The van der Waals surface area contributed by atoms with Crippen LogP contribution in [0.25, 0.3) is 0 Å². The molecule has 2 fully saturated rings. The smallest absolute Gasteiger partial charge is 0.147 e. The third-order valence-electron chi connectivity index (χ3n) is 4.56. The lowest BCUT2D eigenvalue weighted by Gasteiger charge is -2.38. The van der Waals surface area contributed by atoms with Gasteiger partial charge in [-0.15, -0.1) is 0 Å². The quantitative estimate of drug-likeness (QED) is 0.805. The SMILES string of the molecule is CN1C2CCC1CC(C(N)CCS(C)(=O)=O)C2. The first-order valence-electron chi connectivity index (χ1n) is 6.52. The van der Waals surface area contributed by atoms with Crippen LogP contribution in [0.15, 0.2) is 0 Å². The zero-order valence-electron chi connectivity index (χ0n) is 10.8. The van der Waals surface area contributed by atoms with Crippen molar-refractivity contribution in [2.24, 2.45) is 11.7 Å². The third kappa shape index (κ3) is 3.20. The van der Waals surface area contributed by atoms with Crippen molar-refractivity contribution in [1.82, 2.24) is 4.90 Å². The van der Waals surface area contributed by atoms with Gasteiger partial charge in [0.25, 0.3) is 0 Å². The molecule has 2 heterocycles. The van der Waals surface area contributed by atoms with Crippen LogP contribution in [-0.4, -0.2) is 50.5 Å². The molecule has 0 aromatic heterocycles. The van der Waals surface area contributed by atoms with Crippen LogP contribution in [0.5, 0.6) is 0 Å². The summed E-state index contributed by atoms with van der Waals surface area (Å²) in [5.41, 5.74) is 6.17. The molecule has 0 radical (unpaired) electrons. The molecule has 100 valence electrons. The first-order valence-corrected chi connectivity index (χ1v) is 8.58. The molecule has 2 N–H and O–H groups in total. The van der Waals surface area contributed by atoms with Gasteiger partial charge in [0.05, 0.1) is 5.75 Å². The largest absolute Gasteiger partial charge is 0.327 e. The Kier molecular flexibility index (Phi) is 3.80. The molecule has 5 heteroatoms. The maximum Gasteiger partial charge on any atom is 0.147 e. The molecule has 0 amide bonds. The van der Waals surface area contributed by atoms with E-state index in [2.05, 4.69) is 11.9 Å². The maximum absolute atomic E-state index is 11.1. The van der Waals surface area contributed by atoms with Crippen molar-refractivity contribution in [2.75, 3.05) is 19.1 Å². The van der Waals surface area contributed by atoms with Gasteiger partial charge in [0.1, 0.15) is 9.84 Å². The number of nitrogens with zero attached hydrogens (tertiary/aromatic N) is 1. The van der Waals surface area contributed by atoms with Crippen LogP contribution >= 0.6 is 0 Å². The Hall–Kier alpha value is -0.130. The van der Waals surface area contributed by atoms with Gasteiger partial charge in [0.15, 0.2) is 0 Å². The number of hydrogen-bond acceptors (Lipinski definition) is 4. The molecular formula is C12H24N2O2S. The predicted molar refractivity (Wildman–Crippen MR) is 69.6 cm³/mol. The molecule has 0 aromatic rings. The highest BCUT2D eigenvalue weighted by molar-refractivity contribution is 7.90. The second-order valence-corrected chi connectivity index (χ2v) is 8.12. The molecule has 3 unspecified atom stereocenters. The first kappa shape index (κ1) is 13.3. The van der Waals surface area contributed by atoms with Gasteiger partial charge < -0.3 is 10.6 Å². The summed E-state index contributed by atoms with van der Waals surface area (Å²) in [6.07, 6.45) is 6.79. The predicted octanol–water partition coefficient (Wildman–Crippen LogP) is 0.621. The van der Waals surface area contributed by atoms with Crippen LogP contribution in [0.1, 0.15) is 32.1 Å². The lowest BCUT2D eigenvalue weighted by atomic mass is 9.84. The Balaban J connectivity index is 1.87. The summed E-state index contributed by atoms with van der Waals surface area (Å²) in [5.74, 6) is 0.751. The van der Waals surface area contributed by atoms with E-state index in [0.29, 0.717) is 24.4 Å². The van der Waals surface area contributed by atoms with Gasteiger partial charge >= 0.3 is 0 Å². The van der Waals surface area contributed by atoms with Gasteiger partial charge in [0.2, 0.25) is 0 Å². The summed E-state index contributed by atoms with van der Waals surface area (Å²) in [7, 11) is -0.662. The zero-order valence-corrected chi connectivity index (χ0v) is 11.6. The van der Waals surface area contributed by atoms with Gasteiger partial charge in [-0.3, -0.25) is 0 Å². The lowest BCUT2D eigenvalue weighted by Crippen LogP contribution is -2.45. The van der Waals surface area contributed by atoms with Gasteiger partial charge in [-0.25, -0.2) is 8.42 Å². The van der Waals surface area contributed by atoms with Gasteiger partial charge in [-0.1, -0.05) is 0 Å². The molecule has 0 aromatic carbocycles. The zero-order chi connectivity index (χ0) is 12.6. The highest BCUT2D eigenvalue weighted by Crippen LogP contribution is 2.38. The Bertz CT molecular complexity index is 355. The molecule has 2 rings (SSSR count). The Morgan fingerprint density at radius 2 is 1.82 bits per heavy atom. The summed E-state index contributed by atoms with van der Waals surface area (Å²) >= 11 is 0. The summed E-state index contributed by atoms with van der Waals surface area (Å²) in [6.45, 7) is 0. The van der Waals surface area contributed by atoms with Gasteiger partial charge in [-0.2, -0.15) is 0 Å². The minimum Gasteiger partial charge on any atom is -0.327 e. The normalized spacial score (nSPS) is 36.1. The van der Waals surface area contributed by atoms with E-state index in [-0.39, 0.29) is 11.8 Å². The van der Waals surface area contributed by atoms with Crippen LogP contribution in [0.2, 0.25) is 0 Å². The molecule has 2 saturated heterocycles. The molecule has 2 aliphatic heterocycles. The minimum absolute atomic E-state index is 0.0570. The van der Waals surface area contributed by atoms with Crippen LogP contribution in [0.3, 0.4) is 0 Å². The van der Waals surface area contributed by atoms with Gasteiger partial charge in [0, 0.05) is 24.4 Å². The number of rotatable bonds is 4. The van der Waals surface area contributed by atoms with Crippen molar-refractivity contribution in [2.45, 2.75) is 50.2 Å². The van der Waals surface area contributed by atoms with Crippen molar-refractivity contribution in [3.05, 3.63) is 0 Å². The Morgan fingerprint density at radius 3 is 2.29 bits per heavy atom. The average molecular weight is 260 g/mol. The van der Waals surface area contributed by atoms with E-state index in [4.69, 9.17) is 5.73 Å². The van der Waals surface area contributed by atoms with Crippen LogP contribution in [-0.2, 0) is 9.84 Å². The average Bonchev–Trinajstić information content (AvgIpc) is 2.50. The van der Waals surface area contributed by atoms with Crippen molar-refractivity contribution < 1.29 is 8.42 Å². The molecule has 17 heavy (non-hydrogen) atoms. The molecular weight excluding hydrogens is 236 g/mol. The van der Waals surface area contributed by atoms with Crippen molar-refractivity contribution in [3.8, 4) is 0 Å². The molecule has 2 bridgehead atoms. The van der Waals surface area contributed by atoms with Gasteiger partial charge in [-0.05, 0) is 45.1 Å². The fourth-order valence-corrected chi connectivity index (χ4v) is 4.09. The summed E-state index contributed by atoms with van der Waals surface area (Å²) < 4.78 is 22.3. The Labute approximate surface area is 104 Å². The van der Waals surface area contributed by atoms with E-state index in [9.17, 15) is 8.42 Å². The van der Waals surface area contributed by atoms with E-state index in [1.807, 2.05) is 0 Å². The number of hydrogen-bond donors (Lipinski definition) is 1. The van der Waals surface area contributed by atoms with Crippen molar-refractivity contribution >= 4 is 9.84 Å². The first-order chi connectivity index (χ1) is 7.87. The number of nitrogens with two attached hydrogens (primary N) is 1. The van der Waals surface area contributed by atoms with Crippen LogP contribution in [0, 0.1) is 5.92 Å². The number of piperidine rings is 1. The van der Waals surface area contributed by atoms with E-state index < -0.39 is 9.84 Å². The highest BCUT2D eigenvalue weighted by atomic mass is 32.2. The van der Waals surface area contributed by atoms with E-state index in [1.165, 1.54) is 19.1 Å². The van der Waals surface area contributed by atoms with Crippen LogP contribution < -0.4 is 5.73 Å². The molecule has 0 saturated carbocycles. The molecule has 0 spiro atoms. The monoisotopic (exact) mass is 260 g/mol. The topological polar surface area (TPSA) is 63.4 Å². The fourth-order valence-electron chi connectivity index (χ4n) is 3.39. The van der Waals surface area contributed by atoms with Crippen LogP contribution in [0.4, 0.5) is 0 Å². The summed E-state index contributed by atoms with van der Waals surface area (Å²) in [4.78, 5) is 2.49. The lowest BCUT2D eigenvalue weighted by molar-refractivity contribution is 0.120. The van der Waals surface area contributed by atoms with E-state index in [1.54, 1.807) is 0 Å². The maximum atomic E-state index is 11.1. The standard InChI is InChI=1S/C12H24N2O2S/c1-14-10-3-4-11(14)8-9(7-10)12(13)5-6-17(2,15)16/h9-12H,3-8,13H2,1-2H3. The van der Waals surface area contributed by atoms with E-state index in [0.717, 1.165) is 12.8 Å². The minimum atomic E-state index is -2.87. The Morgan fingerprint density at radius 1 is 1.29 bits per heavy atom. The number of fused-ring (bicyclic) bond motifs is 2. The second kappa shape index (κ2) is 4.86. The number of sulfone groups is 1. The van der Waals surface area contributed by atoms with E-state index >= 15 is 0 Å².